The van der Waals surface area contributed by atoms with Crippen LogP contribution in [0.2, 0.25) is 0 Å². The summed E-state index contributed by atoms with van der Waals surface area (Å²) in [5.74, 6) is 0.635. The molecule has 132 valence electrons. The van der Waals surface area contributed by atoms with E-state index in [1.54, 1.807) is 7.11 Å². The second-order valence-electron chi connectivity index (χ2n) is 6.39. The van der Waals surface area contributed by atoms with Crippen LogP contribution < -0.4 is 4.74 Å². The summed E-state index contributed by atoms with van der Waals surface area (Å²) in [4.78, 5) is 14.9. The molecule has 0 amide bonds. The number of hydrogen-bond acceptors (Lipinski definition) is 4. The van der Waals surface area contributed by atoms with Crippen LogP contribution in [0.25, 0.3) is 0 Å². The van der Waals surface area contributed by atoms with Crippen LogP contribution in [0.5, 0.6) is 5.75 Å². The molecule has 3 rings (SSSR count). The lowest BCUT2D eigenvalue weighted by Gasteiger charge is -2.19. The molecular formula is C21H25NO3. The predicted molar refractivity (Wildman–Crippen MR) is 97.6 cm³/mol. The van der Waals surface area contributed by atoms with E-state index in [9.17, 15) is 4.79 Å². The van der Waals surface area contributed by atoms with Crippen molar-refractivity contribution in [3.8, 4) is 5.75 Å². The molecule has 2 aromatic carbocycles. The molecule has 2 unspecified atom stereocenters. The Morgan fingerprint density at radius 2 is 1.80 bits per heavy atom. The fraction of sp³-hybridized carbons (Fsp3) is 0.381. The number of esters is 1. The number of methoxy groups -OCH3 is 1. The second kappa shape index (κ2) is 8.17. The largest absolute Gasteiger partial charge is 0.496 e. The summed E-state index contributed by atoms with van der Waals surface area (Å²) >= 11 is 0. The van der Waals surface area contributed by atoms with Gasteiger partial charge in [-0.05, 0) is 24.1 Å². The average Bonchev–Trinajstić information content (AvgIpc) is 3.06. The van der Waals surface area contributed by atoms with Crippen molar-refractivity contribution >= 4 is 5.97 Å². The Kier molecular flexibility index (Phi) is 5.71. The molecule has 0 N–H and O–H groups in total. The van der Waals surface area contributed by atoms with Crippen molar-refractivity contribution in [1.82, 2.24) is 4.90 Å². The van der Waals surface area contributed by atoms with Gasteiger partial charge < -0.3 is 9.47 Å². The maximum Gasteiger partial charge on any atom is 0.310 e. The van der Waals surface area contributed by atoms with E-state index in [1.165, 1.54) is 5.56 Å². The van der Waals surface area contributed by atoms with E-state index >= 15 is 0 Å². The minimum Gasteiger partial charge on any atom is -0.496 e. The molecule has 1 heterocycles. The minimum atomic E-state index is -0.167. The number of likely N-dealkylation sites (tertiary alicyclic amines) is 1. The third kappa shape index (κ3) is 4.02. The van der Waals surface area contributed by atoms with Gasteiger partial charge in [-0.3, -0.25) is 9.69 Å². The van der Waals surface area contributed by atoms with E-state index in [-0.39, 0.29) is 17.8 Å². The van der Waals surface area contributed by atoms with Crippen LogP contribution in [0.3, 0.4) is 0 Å². The van der Waals surface area contributed by atoms with Gasteiger partial charge in [-0.15, -0.1) is 0 Å². The van der Waals surface area contributed by atoms with Crippen molar-refractivity contribution in [2.45, 2.75) is 19.4 Å². The number of benzene rings is 2. The van der Waals surface area contributed by atoms with Crippen molar-refractivity contribution in [2.75, 3.05) is 26.8 Å². The van der Waals surface area contributed by atoms with Crippen LogP contribution in [0.4, 0.5) is 0 Å². The Balaban J connectivity index is 1.84. The van der Waals surface area contributed by atoms with Gasteiger partial charge in [0.25, 0.3) is 0 Å². The molecule has 25 heavy (non-hydrogen) atoms. The quantitative estimate of drug-likeness (QED) is 0.756. The number of carbonyl (C=O) groups excluding carboxylic acids is 1. The van der Waals surface area contributed by atoms with E-state index in [4.69, 9.17) is 9.47 Å². The Morgan fingerprint density at radius 3 is 2.52 bits per heavy atom. The van der Waals surface area contributed by atoms with Gasteiger partial charge in [0.15, 0.2) is 0 Å². The molecule has 1 fully saturated rings. The highest BCUT2D eigenvalue weighted by atomic mass is 16.5. The molecule has 0 saturated carbocycles. The van der Waals surface area contributed by atoms with Gasteiger partial charge in [0.2, 0.25) is 0 Å². The third-order valence-electron chi connectivity index (χ3n) is 4.77. The first-order valence-corrected chi connectivity index (χ1v) is 8.78. The molecule has 4 nitrogen and oxygen atoms in total. The van der Waals surface area contributed by atoms with Gasteiger partial charge in [-0.1, -0.05) is 48.5 Å². The average molecular weight is 339 g/mol. The molecule has 1 aliphatic heterocycles. The van der Waals surface area contributed by atoms with Crippen molar-refractivity contribution < 1.29 is 14.3 Å². The topological polar surface area (TPSA) is 38.8 Å². The maximum atomic E-state index is 12.5. The molecule has 0 spiro atoms. The number of nitrogens with zero attached hydrogens (tertiary/aromatic N) is 1. The van der Waals surface area contributed by atoms with Crippen molar-refractivity contribution in [1.29, 1.82) is 0 Å². The summed E-state index contributed by atoms with van der Waals surface area (Å²) in [5, 5.41) is 0. The normalized spacial score (nSPS) is 20.4. The molecule has 0 bridgehead atoms. The molecular weight excluding hydrogens is 314 g/mol. The highest BCUT2D eigenvalue weighted by Crippen LogP contribution is 2.38. The highest BCUT2D eigenvalue weighted by molar-refractivity contribution is 5.75. The number of carbonyl (C=O) groups is 1. The fourth-order valence-electron chi connectivity index (χ4n) is 3.63. The molecule has 1 saturated heterocycles. The number of ether oxygens (including phenoxy) is 2. The lowest BCUT2D eigenvalue weighted by molar-refractivity contribution is -0.148. The lowest BCUT2D eigenvalue weighted by Crippen LogP contribution is -2.25. The van der Waals surface area contributed by atoms with E-state index in [0.717, 1.165) is 24.4 Å². The first-order chi connectivity index (χ1) is 12.2. The van der Waals surface area contributed by atoms with Crippen LogP contribution in [0, 0.1) is 5.92 Å². The molecule has 0 radical (unpaired) electrons. The number of para-hydroxylation sites is 1. The first kappa shape index (κ1) is 17.5. The van der Waals surface area contributed by atoms with Gasteiger partial charge >= 0.3 is 5.97 Å². The predicted octanol–water partition coefficient (Wildman–Crippen LogP) is 3.47. The molecule has 2 aromatic rings. The zero-order chi connectivity index (χ0) is 17.6. The smallest absolute Gasteiger partial charge is 0.310 e. The van der Waals surface area contributed by atoms with E-state index < -0.39 is 0 Å². The van der Waals surface area contributed by atoms with E-state index in [2.05, 4.69) is 23.1 Å². The molecule has 1 aliphatic rings. The highest BCUT2D eigenvalue weighted by Gasteiger charge is 2.40. The lowest BCUT2D eigenvalue weighted by atomic mass is 9.88. The van der Waals surface area contributed by atoms with Gasteiger partial charge in [0.1, 0.15) is 5.75 Å². The van der Waals surface area contributed by atoms with Crippen LogP contribution in [0.15, 0.2) is 54.6 Å². The Labute approximate surface area is 149 Å². The Bertz CT molecular complexity index is 701. The summed E-state index contributed by atoms with van der Waals surface area (Å²) in [5.41, 5.74) is 2.34. The van der Waals surface area contributed by atoms with Crippen molar-refractivity contribution in [3.05, 3.63) is 65.7 Å². The standard InChI is InChI=1S/C21H25NO3/c1-3-25-21(23)19-15-22(13-16-9-5-4-6-10-16)14-18(19)17-11-7-8-12-20(17)24-2/h4-12,18-19H,3,13-15H2,1-2H3. The first-order valence-electron chi connectivity index (χ1n) is 8.78. The third-order valence-corrected chi connectivity index (χ3v) is 4.77. The SMILES string of the molecule is CCOC(=O)C1CN(Cc2ccccc2)CC1c1ccccc1OC. The Hall–Kier alpha value is -2.33. The summed E-state index contributed by atoms with van der Waals surface area (Å²) in [7, 11) is 1.68. The van der Waals surface area contributed by atoms with Crippen molar-refractivity contribution in [2.24, 2.45) is 5.92 Å². The zero-order valence-electron chi connectivity index (χ0n) is 14.9. The van der Waals surface area contributed by atoms with Gasteiger partial charge in [-0.2, -0.15) is 0 Å². The molecule has 0 aliphatic carbocycles. The van der Waals surface area contributed by atoms with E-state index in [0.29, 0.717) is 13.2 Å². The number of rotatable bonds is 6. The molecule has 4 heteroatoms. The second-order valence-corrected chi connectivity index (χ2v) is 6.39. The molecule has 0 aromatic heterocycles. The maximum absolute atomic E-state index is 12.5. The Morgan fingerprint density at radius 1 is 1.08 bits per heavy atom. The van der Waals surface area contributed by atoms with Crippen LogP contribution in [0.1, 0.15) is 24.0 Å². The van der Waals surface area contributed by atoms with Crippen molar-refractivity contribution in [3.63, 3.8) is 0 Å². The zero-order valence-corrected chi connectivity index (χ0v) is 14.9. The monoisotopic (exact) mass is 339 g/mol. The van der Waals surface area contributed by atoms with Crippen LogP contribution in [-0.2, 0) is 16.1 Å². The summed E-state index contributed by atoms with van der Waals surface area (Å²) < 4.78 is 10.9. The summed E-state index contributed by atoms with van der Waals surface area (Å²) in [6, 6.07) is 18.3. The molecule has 2 atom stereocenters. The van der Waals surface area contributed by atoms with Gasteiger partial charge in [0, 0.05) is 25.6 Å². The number of hydrogen-bond donors (Lipinski definition) is 0. The van der Waals surface area contributed by atoms with Gasteiger partial charge in [0.05, 0.1) is 19.6 Å². The summed E-state index contributed by atoms with van der Waals surface area (Å²) in [6.45, 7) is 4.62. The summed E-state index contributed by atoms with van der Waals surface area (Å²) in [6.07, 6.45) is 0. The fourth-order valence-corrected chi connectivity index (χ4v) is 3.63. The minimum absolute atomic E-state index is 0.0823. The van der Waals surface area contributed by atoms with Crippen LogP contribution >= 0.6 is 0 Å². The van der Waals surface area contributed by atoms with E-state index in [1.807, 2.05) is 43.3 Å². The van der Waals surface area contributed by atoms with Crippen LogP contribution in [-0.4, -0.2) is 37.7 Å². The van der Waals surface area contributed by atoms with Gasteiger partial charge in [-0.25, -0.2) is 0 Å².